The second kappa shape index (κ2) is 8.74. The molecule has 0 aliphatic rings. The molecule has 0 amide bonds. The van der Waals surface area contributed by atoms with Crippen LogP contribution in [-0.2, 0) is 5.41 Å². The van der Waals surface area contributed by atoms with Gasteiger partial charge in [-0.3, -0.25) is 0 Å². The smallest absolute Gasteiger partial charge is 0.292 e. The number of nitrogens with zero attached hydrogens (tertiary/aromatic N) is 2. The molecular formula is C23H22N2O2. The average Bonchev–Trinajstić information content (AvgIpc) is 2.65. The first-order valence-electron chi connectivity index (χ1n) is 8.64. The first-order valence-corrected chi connectivity index (χ1v) is 8.64. The highest BCUT2D eigenvalue weighted by molar-refractivity contribution is 5.62. The lowest BCUT2D eigenvalue weighted by Crippen LogP contribution is -2.19. The van der Waals surface area contributed by atoms with Crippen LogP contribution in [0.25, 0.3) is 12.2 Å². The zero-order valence-corrected chi connectivity index (χ0v) is 16.0. The Morgan fingerprint density at radius 3 is 1.52 bits per heavy atom. The standard InChI is InChI=1S/C23H22N2O2/c1-5-7-17-13-19(9-11-21(17)26-15-24)23(3,4)20-10-12-22(27-16-25)18(14-20)8-6-2/h5-14H,1-4H3. The van der Waals surface area contributed by atoms with E-state index in [1.165, 1.54) is 0 Å². The van der Waals surface area contributed by atoms with Gasteiger partial charge in [0.15, 0.2) is 0 Å². The minimum atomic E-state index is -0.303. The van der Waals surface area contributed by atoms with Gasteiger partial charge in [-0.15, -0.1) is 10.5 Å². The van der Waals surface area contributed by atoms with Gasteiger partial charge in [-0.05, 0) is 49.2 Å². The molecule has 0 bridgehead atoms. The van der Waals surface area contributed by atoms with E-state index < -0.39 is 0 Å². The van der Waals surface area contributed by atoms with Crippen LogP contribution < -0.4 is 9.47 Å². The maximum atomic E-state index is 8.83. The molecule has 136 valence electrons. The molecule has 4 heteroatoms. The highest BCUT2D eigenvalue weighted by atomic mass is 16.5. The Morgan fingerprint density at radius 2 is 1.19 bits per heavy atom. The first kappa shape index (κ1) is 19.8. The zero-order chi connectivity index (χ0) is 19.9. The van der Waals surface area contributed by atoms with Crippen molar-refractivity contribution in [3.63, 3.8) is 0 Å². The van der Waals surface area contributed by atoms with Crippen molar-refractivity contribution in [2.75, 3.05) is 0 Å². The van der Waals surface area contributed by atoms with Crippen molar-refractivity contribution in [3.05, 3.63) is 70.8 Å². The summed E-state index contributed by atoms with van der Waals surface area (Å²) in [5, 5.41) is 17.7. The summed E-state index contributed by atoms with van der Waals surface area (Å²) in [5.41, 5.74) is 3.57. The van der Waals surface area contributed by atoms with E-state index in [0.29, 0.717) is 11.5 Å². The maximum absolute atomic E-state index is 8.83. The molecule has 0 aromatic heterocycles. The van der Waals surface area contributed by atoms with E-state index in [4.69, 9.17) is 20.0 Å². The third-order valence-corrected chi connectivity index (χ3v) is 4.47. The number of benzene rings is 2. The fourth-order valence-electron chi connectivity index (χ4n) is 2.94. The minimum absolute atomic E-state index is 0.303. The lowest BCUT2D eigenvalue weighted by molar-refractivity contribution is 0.504. The molecule has 0 spiro atoms. The molecule has 0 heterocycles. The summed E-state index contributed by atoms with van der Waals surface area (Å²) >= 11 is 0. The summed E-state index contributed by atoms with van der Waals surface area (Å²) in [6.07, 6.45) is 11.1. The molecule has 0 aliphatic heterocycles. The van der Waals surface area contributed by atoms with E-state index in [1.807, 2.05) is 74.5 Å². The maximum Gasteiger partial charge on any atom is 0.292 e. The van der Waals surface area contributed by atoms with E-state index >= 15 is 0 Å². The fourth-order valence-corrected chi connectivity index (χ4v) is 2.94. The van der Waals surface area contributed by atoms with Crippen LogP contribution >= 0.6 is 0 Å². The van der Waals surface area contributed by atoms with E-state index in [9.17, 15) is 0 Å². The van der Waals surface area contributed by atoms with Crippen LogP contribution in [0.1, 0.15) is 49.9 Å². The third kappa shape index (κ3) is 4.37. The molecule has 0 saturated heterocycles. The van der Waals surface area contributed by atoms with Crippen molar-refractivity contribution in [1.29, 1.82) is 10.5 Å². The number of hydrogen-bond acceptors (Lipinski definition) is 4. The SMILES string of the molecule is CC=Cc1cc(C(C)(C)c2ccc(OC#N)c(C=CC)c2)ccc1OC#N. The van der Waals surface area contributed by atoms with Crippen LogP contribution in [0.4, 0.5) is 0 Å². The third-order valence-electron chi connectivity index (χ3n) is 4.47. The molecule has 0 atom stereocenters. The Balaban J connectivity index is 2.55. The summed E-state index contributed by atoms with van der Waals surface area (Å²) < 4.78 is 10.1. The number of nitriles is 2. The first-order chi connectivity index (χ1) is 13.0. The van der Waals surface area contributed by atoms with Crippen LogP contribution in [-0.4, -0.2) is 0 Å². The van der Waals surface area contributed by atoms with E-state index in [1.54, 1.807) is 12.5 Å². The lowest BCUT2D eigenvalue weighted by atomic mass is 9.77. The average molecular weight is 358 g/mol. The summed E-state index contributed by atoms with van der Waals surface area (Å²) in [4.78, 5) is 0. The predicted molar refractivity (Wildman–Crippen MR) is 107 cm³/mol. The summed E-state index contributed by atoms with van der Waals surface area (Å²) in [6, 6.07) is 11.6. The van der Waals surface area contributed by atoms with Crippen LogP contribution in [0.3, 0.4) is 0 Å². The molecule has 2 rings (SSSR count). The van der Waals surface area contributed by atoms with Crippen molar-refractivity contribution < 1.29 is 9.47 Å². The van der Waals surface area contributed by atoms with E-state index in [-0.39, 0.29) is 5.41 Å². The minimum Gasteiger partial charge on any atom is -0.387 e. The van der Waals surface area contributed by atoms with Crippen LogP contribution in [0.5, 0.6) is 11.5 Å². The highest BCUT2D eigenvalue weighted by Crippen LogP contribution is 2.36. The van der Waals surface area contributed by atoms with Gasteiger partial charge >= 0.3 is 0 Å². The fraction of sp³-hybridized carbons (Fsp3) is 0.217. The molecule has 2 aromatic rings. The zero-order valence-electron chi connectivity index (χ0n) is 16.0. The molecule has 0 fully saturated rings. The molecule has 27 heavy (non-hydrogen) atoms. The van der Waals surface area contributed by atoms with Crippen molar-refractivity contribution in [3.8, 4) is 24.0 Å². The quantitative estimate of drug-likeness (QED) is 0.612. The van der Waals surface area contributed by atoms with Gasteiger partial charge in [0.25, 0.3) is 12.5 Å². The predicted octanol–water partition coefficient (Wildman–Crippen LogP) is 5.80. The monoisotopic (exact) mass is 358 g/mol. The lowest BCUT2D eigenvalue weighted by Gasteiger charge is -2.27. The van der Waals surface area contributed by atoms with Crippen molar-refractivity contribution in [2.45, 2.75) is 33.1 Å². The second-order valence-electron chi connectivity index (χ2n) is 6.52. The van der Waals surface area contributed by atoms with Gasteiger partial charge in [0.05, 0.1) is 0 Å². The summed E-state index contributed by atoms with van der Waals surface area (Å²) in [5.74, 6) is 1.06. The highest BCUT2D eigenvalue weighted by Gasteiger charge is 2.25. The van der Waals surface area contributed by atoms with Crippen LogP contribution in [0.2, 0.25) is 0 Å². The Kier molecular flexibility index (Phi) is 6.41. The van der Waals surface area contributed by atoms with Gasteiger partial charge in [0, 0.05) is 16.5 Å². The van der Waals surface area contributed by atoms with Gasteiger partial charge in [0.2, 0.25) is 0 Å². The van der Waals surface area contributed by atoms with Gasteiger partial charge in [0.1, 0.15) is 11.5 Å². The number of ether oxygens (including phenoxy) is 2. The molecule has 0 saturated carbocycles. The Bertz CT molecular complexity index is 880. The Hall–Kier alpha value is -3.50. The number of hydrogen-bond donors (Lipinski definition) is 0. The number of rotatable bonds is 6. The van der Waals surface area contributed by atoms with Crippen molar-refractivity contribution in [2.24, 2.45) is 0 Å². The topological polar surface area (TPSA) is 66.0 Å². The summed E-state index contributed by atoms with van der Waals surface area (Å²) in [6.45, 7) is 8.11. The molecule has 0 unspecified atom stereocenters. The molecule has 4 nitrogen and oxygen atoms in total. The molecule has 0 radical (unpaired) electrons. The van der Waals surface area contributed by atoms with Crippen LogP contribution in [0.15, 0.2) is 48.6 Å². The van der Waals surface area contributed by atoms with E-state index in [0.717, 1.165) is 22.3 Å². The summed E-state index contributed by atoms with van der Waals surface area (Å²) in [7, 11) is 0. The Morgan fingerprint density at radius 1 is 0.778 bits per heavy atom. The number of allylic oxidation sites excluding steroid dienone is 2. The van der Waals surface area contributed by atoms with Gasteiger partial charge in [-0.2, -0.15) is 0 Å². The Labute approximate surface area is 160 Å². The normalized spacial score (nSPS) is 11.3. The second-order valence-corrected chi connectivity index (χ2v) is 6.52. The molecular weight excluding hydrogens is 336 g/mol. The molecule has 0 N–H and O–H groups in total. The van der Waals surface area contributed by atoms with Gasteiger partial charge in [-0.25, -0.2) is 0 Å². The van der Waals surface area contributed by atoms with E-state index in [2.05, 4.69) is 13.8 Å². The van der Waals surface area contributed by atoms with Crippen LogP contribution in [0, 0.1) is 23.0 Å². The van der Waals surface area contributed by atoms with Crippen molar-refractivity contribution >= 4 is 12.2 Å². The molecule has 0 aliphatic carbocycles. The van der Waals surface area contributed by atoms with Crippen molar-refractivity contribution in [1.82, 2.24) is 0 Å². The molecule has 2 aromatic carbocycles. The van der Waals surface area contributed by atoms with Gasteiger partial charge < -0.3 is 9.47 Å². The van der Waals surface area contributed by atoms with Gasteiger partial charge in [-0.1, -0.05) is 50.3 Å². The largest absolute Gasteiger partial charge is 0.387 e.